The summed E-state index contributed by atoms with van der Waals surface area (Å²) in [5, 5.41) is 2.86. The highest BCUT2D eigenvalue weighted by atomic mass is 16.2. The molecule has 124 valence electrons. The Hall–Kier alpha value is -3.21. The molecular formula is C20H17N3O2. The third-order valence-corrected chi connectivity index (χ3v) is 4.41. The first-order valence-electron chi connectivity index (χ1n) is 8.14. The van der Waals surface area contributed by atoms with Gasteiger partial charge in [0.05, 0.1) is 6.33 Å². The number of carbonyl (C=O) groups is 1. The van der Waals surface area contributed by atoms with Crippen LogP contribution < -0.4 is 10.9 Å². The van der Waals surface area contributed by atoms with Gasteiger partial charge in [0.25, 0.3) is 5.56 Å². The van der Waals surface area contributed by atoms with Crippen LogP contribution in [0.4, 0.5) is 5.69 Å². The lowest BCUT2D eigenvalue weighted by Gasteiger charge is -2.09. The summed E-state index contributed by atoms with van der Waals surface area (Å²) in [5.41, 5.74) is 6.13. The molecule has 0 spiro atoms. The molecule has 0 fully saturated rings. The van der Waals surface area contributed by atoms with Gasteiger partial charge in [-0.05, 0) is 47.7 Å². The quantitative estimate of drug-likeness (QED) is 0.628. The molecule has 2 aromatic carbocycles. The minimum atomic E-state index is -0.247. The third-order valence-electron chi connectivity index (χ3n) is 4.41. The number of hydrogen-bond acceptors (Lipinski definition) is 3. The zero-order valence-electron chi connectivity index (χ0n) is 13.8. The Morgan fingerprint density at radius 2 is 1.92 bits per heavy atom. The summed E-state index contributed by atoms with van der Waals surface area (Å²) in [6, 6.07) is 15.7. The largest absolute Gasteiger partial charge is 0.325 e. The highest BCUT2D eigenvalue weighted by Crippen LogP contribution is 2.37. The molecule has 1 aliphatic rings. The van der Waals surface area contributed by atoms with E-state index in [1.54, 1.807) is 6.92 Å². The Labute approximate surface area is 145 Å². The second-order valence-electron chi connectivity index (χ2n) is 6.25. The number of aromatic nitrogens is 2. The van der Waals surface area contributed by atoms with Gasteiger partial charge in [0.15, 0.2) is 0 Å². The van der Waals surface area contributed by atoms with Gasteiger partial charge in [0, 0.05) is 17.4 Å². The van der Waals surface area contributed by atoms with Crippen LogP contribution >= 0.6 is 0 Å². The predicted molar refractivity (Wildman–Crippen MR) is 96.5 cm³/mol. The standard InChI is InChI=1S/C20H17N3O2/c1-13-8-20(25)23(12-21-13)11-19(24)22-16-6-7-18-15(10-16)9-14-4-2-3-5-17(14)18/h2-8,10,12H,9,11H2,1H3,(H,22,24). The summed E-state index contributed by atoms with van der Waals surface area (Å²) >= 11 is 0. The average Bonchev–Trinajstić information content (AvgIpc) is 2.95. The van der Waals surface area contributed by atoms with Crippen molar-refractivity contribution >= 4 is 11.6 Å². The average molecular weight is 331 g/mol. The van der Waals surface area contributed by atoms with Gasteiger partial charge in [0.1, 0.15) is 6.54 Å². The molecule has 5 nitrogen and oxygen atoms in total. The van der Waals surface area contributed by atoms with Gasteiger partial charge in [-0.1, -0.05) is 30.3 Å². The highest BCUT2D eigenvalue weighted by molar-refractivity contribution is 5.91. The van der Waals surface area contributed by atoms with Crippen molar-refractivity contribution in [1.82, 2.24) is 9.55 Å². The SMILES string of the molecule is Cc1cc(=O)n(CC(=O)Nc2ccc3c(c2)Cc2ccccc2-3)cn1. The summed E-state index contributed by atoms with van der Waals surface area (Å²) in [4.78, 5) is 28.1. The van der Waals surface area contributed by atoms with Crippen LogP contribution in [0, 0.1) is 6.92 Å². The van der Waals surface area contributed by atoms with Crippen LogP contribution in [0.3, 0.4) is 0 Å². The van der Waals surface area contributed by atoms with Crippen molar-refractivity contribution < 1.29 is 4.79 Å². The maximum atomic E-state index is 12.2. The molecule has 0 saturated carbocycles. The van der Waals surface area contributed by atoms with Crippen molar-refractivity contribution in [3.8, 4) is 11.1 Å². The smallest absolute Gasteiger partial charge is 0.253 e. The van der Waals surface area contributed by atoms with Gasteiger partial charge in [-0.2, -0.15) is 0 Å². The minimum Gasteiger partial charge on any atom is -0.325 e. The molecule has 0 unspecified atom stereocenters. The van der Waals surface area contributed by atoms with E-state index >= 15 is 0 Å². The van der Waals surface area contributed by atoms with Crippen molar-refractivity contribution in [2.75, 3.05) is 5.32 Å². The summed E-state index contributed by atoms with van der Waals surface area (Å²) in [6.45, 7) is 1.69. The molecule has 0 bridgehead atoms. The maximum Gasteiger partial charge on any atom is 0.253 e. The van der Waals surface area contributed by atoms with Gasteiger partial charge in [-0.25, -0.2) is 4.98 Å². The molecule has 0 saturated heterocycles. The Morgan fingerprint density at radius 3 is 2.76 bits per heavy atom. The fourth-order valence-electron chi connectivity index (χ4n) is 3.21. The minimum absolute atomic E-state index is 0.0522. The highest BCUT2D eigenvalue weighted by Gasteiger charge is 2.18. The molecule has 0 aliphatic heterocycles. The first kappa shape index (κ1) is 15.3. The molecule has 0 atom stereocenters. The van der Waals surface area contributed by atoms with Crippen molar-refractivity contribution in [3.63, 3.8) is 0 Å². The van der Waals surface area contributed by atoms with Crippen LogP contribution in [0.15, 0.2) is 59.7 Å². The molecule has 5 heteroatoms. The van der Waals surface area contributed by atoms with Gasteiger partial charge >= 0.3 is 0 Å². The molecule has 0 radical (unpaired) electrons. The molecule has 3 aromatic rings. The number of nitrogens with one attached hydrogen (secondary N) is 1. The Morgan fingerprint density at radius 1 is 1.12 bits per heavy atom. The van der Waals surface area contributed by atoms with Crippen LogP contribution in [0.5, 0.6) is 0 Å². The predicted octanol–water partition coefficient (Wildman–Crippen LogP) is 2.76. The first-order chi connectivity index (χ1) is 12.1. The number of aryl methyl sites for hydroxylation is 1. The van der Waals surface area contributed by atoms with E-state index in [-0.39, 0.29) is 18.0 Å². The molecule has 25 heavy (non-hydrogen) atoms. The number of fused-ring (bicyclic) bond motifs is 3. The topological polar surface area (TPSA) is 64.0 Å². The Balaban J connectivity index is 1.51. The number of benzene rings is 2. The second kappa shape index (κ2) is 6.02. The summed E-state index contributed by atoms with van der Waals surface area (Å²) in [7, 11) is 0. The molecule has 1 aromatic heterocycles. The second-order valence-corrected chi connectivity index (χ2v) is 6.25. The summed E-state index contributed by atoms with van der Waals surface area (Å²) in [5.74, 6) is -0.247. The molecule has 4 rings (SSSR count). The summed E-state index contributed by atoms with van der Waals surface area (Å²) < 4.78 is 1.30. The monoisotopic (exact) mass is 331 g/mol. The fourth-order valence-corrected chi connectivity index (χ4v) is 3.21. The van der Waals surface area contributed by atoms with E-state index in [9.17, 15) is 9.59 Å². The van der Waals surface area contributed by atoms with E-state index in [1.165, 1.54) is 39.2 Å². The van der Waals surface area contributed by atoms with Gasteiger partial charge < -0.3 is 5.32 Å². The van der Waals surface area contributed by atoms with E-state index in [0.717, 1.165) is 12.1 Å². The van der Waals surface area contributed by atoms with Crippen LogP contribution in [-0.4, -0.2) is 15.5 Å². The molecular weight excluding hydrogens is 314 g/mol. The van der Waals surface area contributed by atoms with E-state index < -0.39 is 0 Å². The van der Waals surface area contributed by atoms with Crippen LogP contribution in [0.25, 0.3) is 11.1 Å². The zero-order chi connectivity index (χ0) is 17.4. The number of carbonyl (C=O) groups excluding carboxylic acids is 1. The van der Waals surface area contributed by atoms with E-state index in [1.807, 2.05) is 30.3 Å². The lowest BCUT2D eigenvalue weighted by atomic mass is 10.1. The number of amides is 1. The normalized spacial score (nSPS) is 11.7. The Kier molecular flexibility index (Phi) is 3.69. The van der Waals surface area contributed by atoms with E-state index in [4.69, 9.17) is 0 Å². The van der Waals surface area contributed by atoms with Gasteiger partial charge in [-0.15, -0.1) is 0 Å². The molecule has 1 N–H and O–H groups in total. The lowest BCUT2D eigenvalue weighted by Crippen LogP contribution is -2.27. The van der Waals surface area contributed by atoms with Crippen molar-refractivity contribution in [2.45, 2.75) is 19.9 Å². The fraction of sp³-hybridized carbons (Fsp3) is 0.150. The van der Waals surface area contributed by atoms with Gasteiger partial charge in [0.2, 0.25) is 5.91 Å². The zero-order valence-corrected chi connectivity index (χ0v) is 13.8. The van der Waals surface area contributed by atoms with Crippen LogP contribution in [0.1, 0.15) is 16.8 Å². The number of rotatable bonds is 3. The van der Waals surface area contributed by atoms with Crippen molar-refractivity contribution in [1.29, 1.82) is 0 Å². The van der Waals surface area contributed by atoms with Gasteiger partial charge in [-0.3, -0.25) is 14.2 Å². The van der Waals surface area contributed by atoms with Crippen LogP contribution in [-0.2, 0) is 17.8 Å². The maximum absolute atomic E-state index is 12.2. The number of anilines is 1. The molecule has 1 aliphatic carbocycles. The Bertz CT molecular complexity index is 1040. The van der Waals surface area contributed by atoms with Crippen molar-refractivity contribution in [2.24, 2.45) is 0 Å². The van der Waals surface area contributed by atoms with E-state index in [2.05, 4.69) is 22.4 Å². The first-order valence-corrected chi connectivity index (χ1v) is 8.14. The molecule has 1 heterocycles. The third kappa shape index (κ3) is 2.96. The van der Waals surface area contributed by atoms with E-state index in [0.29, 0.717) is 5.69 Å². The number of hydrogen-bond donors (Lipinski definition) is 1. The summed E-state index contributed by atoms with van der Waals surface area (Å²) in [6.07, 6.45) is 2.27. The van der Waals surface area contributed by atoms with Crippen LogP contribution in [0.2, 0.25) is 0 Å². The number of nitrogens with zero attached hydrogens (tertiary/aromatic N) is 2. The van der Waals surface area contributed by atoms with Crippen molar-refractivity contribution in [3.05, 3.63) is 82.0 Å². The molecule has 1 amide bonds. The lowest BCUT2D eigenvalue weighted by molar-refractivity contribution is -0.116.